The van der Waals surface area contributed by atoms with Crippen LogP contribution in [0.2, 0.25) is 5.02 Å². The summed E-state index contributed by atoms with van der Waals surface area (Å²) in [6.45, 7) is 1.29. The molecule has 2 aromatic rings. The Hall–Kier alpha value is -2.84. The fourth-order valence-electron chi connectivity index (χ4n) is 3.45. The van der Waals surface area contributed by atoms with Crippen molar-refractivity contribution in [3.8, 4) is 0 Å². The molecule has 170 valence electrons. The van der Waals surface area contributed by atoms with Crippen LogP contribution < -0.4 is 5.32 Å². The molecule has 0 aromatic heterocycles. The fourth-order valence-corrected chi connectivity index (χ4v) is 3.63. The number of para-hydroxylation sites is 1. The molecule has 1 aliphatic rings. The van der Waals surface area contributed by atoms with E-state index >= 15 is 0 Å². The molecule has 5 nitrogen and oxygen atoms in total. The summed E-state index contributed by atoms with van der Waals surface area (Å²) in [5.74, 6) is -0.117. The van der Waals surface area contributed by atoms with E-state index in [1.54, 1.807) is 53.4 Å². The second-order valence-corrected chi connectivity index (χ2v) is 8.22. The van der Waals surface area contributed by atoms with E-state index in [2.05, 4.69) is 10.2 Å². The highest BCUT2D eigenvalue weighted by Crippen LogP contribution is 2.28. The molecule has 32 heavy (non-hydrogen) atoms. The van der Waals surface area contributed by atoms with Gasteiger partial charge in [-0.25, -0.2) is 0 Å². The Morgan fingerprint density at radius 3 is 2.34 bits per heavy atom. The molecule has 0 radical (unpaired) electrons. The number of rotatable bonds is 6. The Balaban J connectivity index is 1.85. The molecular formula is C23H24ClF3N4O. The molecule has 9 heteroatoms. The lowest BCUT2D eigenvalue weighted by molar-refractivity contribution is -0.0583. The zero-order valence-electron chi connectivity index (χ0n) is 17.7. The predicted molar refractivity (Wildman–Crippen MR) is 121 cm³/mol. The van der Waals surface area contributed by atoms with Crippen molar-refractivity contribution < 1.29 is 18.0 Å². The first-order valence-electron chi connectivity index (χ1n) is 10.0. The van der Waals surface area contributed by atoms with Crippen LogP contribution in [-0.4, -0.2) is 60.8 Å². The maximum atomic E-state index is 13.0. The van der Waals surface area contributed by atoms with Gasteiger partial charge in [-0.15, -0.1) is 0 Å². The average molecular weight is 465 g/mol. The van der Waals surface area contributed by atoms with Crippen molar-refractivity contribution in [3.63, 3.8) is 0 Å². The SMILES string of the molecule is CN(C)[C@@H]1CCN(C(=O)c2ccc(/C(=C/C(=N)C(F)(F)F)Nc3ccccc3Cl)cc2)C1. The molecule has 1 atom stereocenters. The van der Waals surface area contributed by atoms with Crippen molar-refractivity contribution in [2.24, 2.45) is 0 Å². The van der Waals surface area contributed by atoms with E-state index in [1.807, 2.05) is 14.1 Å². The number of benzene rings is 2. The summed E-state index contributed by atoms with van der Waals surface area (Å²) in [6.07, 6.45) is -3.19. The molecule has 1 heterocycles. The van der Waals surface area contributed by atoms with Gasteiger partial charge in [0.05, 0.1) is 10.7 Å². The van der Waals surface area contributed by atoms with Crippen LogP contribution in [0.25, 0.3) is 5.70 Å². The number of carbonyl (C=O) groups is 1. The van der Waals surface area contributed by atoms with Crippen molar-refractivity contribution >= 4 is 34.6 Å². The zero-order valence-corrected chi connectivity index (χ0v) is 18.5. The van der Waals surface area contributed by atoms with Crippen LogP contribution in [0.4, 0.5) is 18.9 Å². The Bertz CT molecular complexity index is 1020. The quantitative estimate of drug-likeness (QED) is 0.581. The number of carbonyl (C=O) groups excluding carboxylic acids is 1. The third-order valence-electron chi connectivity index (χ3n) is 5.36. The lowest BCUT2D eigenvalue weighted by Gasteiger charge is -2.20. The Morgan fingerprint density at radius 2 is 1.78 bits per heavy atom. The Morgan fingerprint density at radius 1 is 1.16 bits per heavy atom. The lowest BCUT2D eigenvalue weighted by atomic mass is 10.1. The molecule has 2 N–H and O–H groups in total. The minimum atomic E-state index is -4.79. The topological polar surface area (TPSA) is 59.4 Å². The first-order valence-corrected chi connectivity index (χ1v) is 10.4. The highest BCUT2D eigenvalue weighted by Gasteiger charge is 2.33. The van der Waals surface area contributed by atoms with Gasteiger partial charge in [-0.2, -0.15) is 13.2 Å². The average Bonchev–Trinajstić information content (AvgIpc) is 3.24. The van der Waals surface area contributed by atoms with Crippen molar-refractivity contribution in [2.45, 2.75) is 18.6 Å². The molecule has 0 unspecified atom stereocenters. The maximum absolute atomic E-state index is 13.0. The number of nitrogens with zero attached hydrogens (tertiary/aromatic N) is 2. The van der Waals surface area contributed by atoms with E-state index in [9.17, 15) is 18.0 Å². The molecule has 3 rings (SSSR count). The smallest absolute Gasteiger partial charge is 0.354 e. The molecular weight excluding hydrogens is 441 g/mol. The monoisotopic (exact) mass is 464 g/mol. The van der Waals surface area contributed by atoms with Crippen molar-refractivity contribution in [3.05, 3.63) is 70.8 Å². The predicted octanol–water partition coefficient (Wildman–Crippen LogP) is 5.15. The van der Waals surface area contributed by atoms with Gasteiger partial charge in [-0.3, -0.25) is 10.2 Å². The molecule has 2 aromatic carbocycles. The summed E-state index contributed by atoms with van der Waals surface area (Å²) in [6, 6.07) is 13.2. The summed E-state index contributed by atoms with van der Waals surface area (Å²) < 4.78 is 39.0. The molecule has 0 aliphatic carbocycles. The van der Waals surface area contributed by atoms with Gasteiger partial charge in [0.1, 0.15) is 5.71 Å². The summed E-state index contributed by atoms with van der Waals surface area (Å²) in [5, 5.41) is 10.6. The van der Waals surface area contributed by atoms with Gasteiger partial charge in [0, 0.05) is 30.4 Å². The van der Waals surface area contributed by atoms with Crippen LogP contribution in [0, 0.1) is 5.41 Å². The normalized spacial score (nSPS) is 17.0. The van der Waals surface area contributed by atoms with E-state index in [1.165, 1.54) is 0 Å². The minimum Gasteiger partial charge on any atom is -0.354 e. The highest BCUT2D eigenvalue weighted by atomic mass is 35.5. The number of likely N-dealkylation sites (tertiary alicyclic amines) is 1. The number of halogens is 4. The fraction of sp³-hybridized carbons (Fsp3) is 0.304. The Labute approximate surface area is 190 Å². The summed E-state index contributed by atoms with van der Waals surface area (Å²) in [4.78, 5) is 16.7. The largest absolute Gasteiger partial charge is 0.432 e. The van der Waals surface area contributed by atoms with Crippen LogP contribution in [0.5, 0.6) is 0 Å². The molecule has 0 saturated carbocycles. The van der Waals surface area contributed by atoms with Gasteiger partial charge in [-0.05, 0) is 56.4 Å². The second-order valence-electron chi connectivity index (χ2n) is 7.81. The van der Waals surface area contributed by atoms with Gasteiger partial charge in [0.25, 0.3) is 5.91 Å². The van der Waals surface area contributed by atoms with Gasteiger partial charge in [0.15, 0.2) is 0 Å². The van der Waals surface area contributed by atoms with Crippen LogP contribution in [0.1, 0.15) is 22.3 Å². The number of allylic oxidation sites excluding steroid dienone is 1. The first kappa shape index (κ1) is 23.8. The maximum Gasteiger partial charge on any atom is 0.432 e. The molecule has 1 fully saturated rings. The third kappa shape index (κ3) is 5.69. The molecule has 1 amide bonds. The van der Waals surface area contributed by atoms with Crippen LogP contribution in [0.3, 0.4) is 0 Å². The van der Waals surface area contributed by atoms with E-state index in [4.69, 9.17) is 17.0 Å². The zero-order chi connectivity index (χ0) is 23.5. The second kappa shape index (κ2) is 9.75. The number of amides is 1. The number of likely N-dealkylation sites (N-methyl/N-ethyl adjacent to an activating group) is 1. The van der Waals surface area contributed by atoms with Crippen LogP contribution in [-0.2, 0) is 0 Å². The van der Waals surface area contributed by atoms with E-state index < -0.39 is 11.9 Å². The minimum absolute atomic E-state index is 0.0493. The molecule has 1 saturated heterocycles. The number of anilines is 1. The van der Waals surface area contributed by atoms with E-state index in [0.717, 1.165) is 6.42 Å². The lowest BCUT2D eigenvalue weighted by Crippen LogP contribution is -2.34. The van der Waals surface area contributed by atoms with Crippen molar-refractivity contribution in [1.82, 2.24) is 9.80 Å². The van der Waals surface area contributed by atoms with Gasteiger partial charge >= 0.3 is 6.18 Å². The number of nitrogens with one attached hydrogen (secondary N) is 2. The van der Waals surface area contributed by atoms with Crippen LogP contribution >= 0.6 is 11.6 Å². The van der Waals surface area contributed by atoms with E-state index in [-0.39, 0.29) is 11.6 Å². The van der Waals surface area contributed by atoms with Crippen LogP contribution in [0.15, 0.2) is 54.6 Å². The first-order chi connectivity index (χ1) is 15.1. The molecule has 1 aliphatic heterocycles. The van der Waals surface area contributed by atoms with Gasteiger partial charge < -0.3 is 15.1 Å². The van der Waals surface area contributed by atoms with E-state index in [0.29, 0.717) is 47.0 Å². The van der Waals surface area contributed by atoms with Gasteiger partial charge in [0.2, 0.25) is 0 Å². The summed E-state index contributed by atoms with van der Waals surface area (Å²) in [7, 11) is 3.96. The highest BCUT2D eigenvalue weighted by molar-refractivity contribution is 6.33. The summed E-state index contributed by atoms with van der Waals surface area (Å²) >= 11 is 6.14. The molecule has 0 bridgehead atoms. The number of alkyl halides is 3. The van der Waals surface area contributed by atoms with Gasteiger partial charge in [-0.1, -0.05) is 35.9 Å². The van der Waals surface area contributed by atoms with Crippen molar-refractivity contribution in [1.29, 1.82) is 5.41 Å². The standard InChI is InChI=1S/C23H24ClF3N4O/c1-30(2)17-11-12-31(14-17)22(32)16-9-7-15(8-10-16)20(13-21(28)23(25,26)27)29-19-6-4-3-5-18(19)24/h3-10,13,17,28-29H,11-12,14H2,1-2H3/b20-13-,28-21?/t17-/m1/s1. The Kier molecular flexibility index (Phi) is 7.26. The third-order valence-corrected chi connectivity index (χ3v) is 5.69. The number of hydrogen-bond donors (Lipinski definition) is 2. The molecule has 0 spiro atoms. The van der Waals surface area contributed by atoms with Crippen molar-refractivity contribution in [2.75, 3.05) is 32.5 Å². The summed E-state index contributed by atoms with van der Waals surface area (Å²) in [5.41, 5.74) is -0.200. The number of hydrogen-bond acceptors (Lipinski definition) is 4.